The Kier molecular flexibility index (Phi) is 5.11. The minimum atomic E-state index is -0.601. The van der Waals surface area contributed by atoms with E-state index in [1.807, 2.05) is 44.2 Å². The molecular formula is C16H21N3O2. The highest BCUT2D eigenvalue weighted by Crippen LogP contribution is 2.05. The molecule has 2 N–H and O–H groups in total. The summed E-state index contributed by atoms with van der Waals surface area (Å²) in [7, 11) is 0. The number of nitrogens with zero attached hydrogens (tertiary/aromatic N) is 2. The van der Waals surface area contributed by atoms with Crippen LogP contribution in [0, 0.1) is 6.92 Å². The van der Waals surface area contributed by atoms with Gasteiger partial charge in [-0.25, -0.2) is 0 Å². The number of hydrogen-bond acceptors (Lipinski definition) is 3. The molecule has 0 saturated carbocycles. The van der Waals surface area contributed by atoms with Crippen molar-refractivity contribution in [2.24, 2.45) is 0 Å². The van der Waals surface area contributed by atoms with Crippen molar-refractivity contribution in [3.8, 4) is 0 Å². The first-order chi connectivity index (χ1) is 10.1. The zero-order valence-electron chi connectivity index (χ0n) is 12.4. The van der Waals surface area contributed by atoms with Crippen molar-refractivity contribution < 1.29 is 9.90 Å². The van der Waals surface area contributed by atoms with E-state index in [-0.39, 0.29) is 12.5 Å². The number of nitrogens with one attached hydrogen (secondary N) is 1. The normalized spacial score (nSPS) is 12.1. The summed E-state index contributed by atoms with van der Waals surface area (Å²) in [5.74, 6) is -0.204. The molecular weight excluding hydrogens is 266 g/mol. The molecule has 112 valence electrons. The highest BCUT2D eigenvalue weighted by Gasteiger charge is 2.14. The second-order valence-electron chi connectivity index (χ2n) is 5.04. The van der Waals surface area contributed by atoms with Crippen molar-refractivity contribution in [3.63, 3.8) is 0 Å². The van der Waals surface area contributed by atoms with E-state index in [9.17, 15) is 9.90 Å². The maximum Gasteiger partial charge on any atom is 0.269 e. The Balaban J connectivity index is 1.88. The Labute approximate surface area is 124 Å². The summed E-state index contributed by atoms with van der Waals surface area (Å²) < 4.78 is 1.66. The molecule has 21 heavy (non-hydrogen) atoms. The van der Waals surface area contributed by atoms with Gasteiger partial charge in [0.05, 0.1) is 11.8 Å². The van der Waals surface area contributed by atoms with Crippen molar-refractivity contribution in [1.82, 2.24) is 15.1 Å². The van der Waals surface area contributed by atoms with Crippen LogP contribution in [-0.4, -0.2) is 33.4 Å². The van der Waals surface area contributed by atoms with E-state index in [0.29, 0.717) is 18.7 Å². The van der Waals surface area contributed by atoms with Crippen molar-refractivity contribution in [1.29, 1.82) is 0 Å². The van der Waals surface area contributed by atoms with E-state index >= 15 is 0 Å². The fourth-order valence-corrected chi connectivity index (χ4v) is 2.23. The molecule has 0 spiro atoms. The number of benzene rings is 1. The number of aromatic nitrogens is 2. The molecule has 0 bridgehead atoms. The second-order valence-corrected chi connectivity index (χ2v) is 5.04. The second kappa shape index (κ2) is 7.04. The number of rotatable bonds is 6. The molecule has 1 amide bonds. The van der Waals surface area contributed by atoms with Gasteiger partial charge < -0.3 is 10.4 Å². The highest BCUT2D eigenvalue weighted by atomic mass is 16.3. The Morgan fingerprint density at radius 1 is 1.38 bits per heavy atom. The van der Waals surface area contributed by atoms with Crippen molar-refractivity contribution >= 4 is 5.91 Å². The van der Waals surface area contributed by atoms with Gasteiger partial charge in [0.25, 0.3) is 5.91 Å². The van der Waals surface area contributed by atoms with Gasteiger partial charge in [-0.2, -0.15) is 5.10 Å². The van der Waals surface area contributed by atoms with Gasteiger partial charge >= 0.3 is 0 Å². The topological polar surface area (TPSA) is 67.2 Å². The quantitative estimate of drug-likeness (QED) is 0.847. The summed E-state index contributed by atoms with van der Waals surface area (Å²) in [5, 5.41) is 17.0. The summed E-state index contributed by atoms with van der Waals surface area (Å²) in [6, 6.07) is 11.5. The lowest BCUT2D eigenvalue weighted by Gasteiger charge is -2.12. The molecule has 1 heterocycles. The van der Waals surface area contributed by atoms with Crippen LogP contribution in [0.5, 0.6) is 0 Å². The standard InChI is InChI=1S/C16H21N3O2/c1-3-19-15(9-12(2)18-19)16(21)17-11-14(20)10-13-7-5-4-6-8-13/h4-9,14,20H,3,10-11H2,1-2H3,(H,17,21). The molecule has 5 heteroatoms. The van der Waals surface area contributed by atoms with E-state index in [2.05, 4.69) is 10.4 Å². The number of aliphatic hydroxyl groups excluding tert-OH is 1. The molecule has 2 aromatic rings. The van der Waals surface area contributed by atoms with Gasteiger partial charge in [0, 0.05) is 19.5 Å². The lowest BCUT2D eigenvalue weighted by Crippen LogP contribution is -2.34. The summed E-state index contributed by atoms with van der Waals surface area (Å²) in [6.07, 6.45) is -0.0804. The van der Waals surface area contributed by atoms with Crippen molar-refractivity contribution in [2.45, 2.75) is 32.9 Å². The van der Waals surface area contributed by atoms with E-state index in [1.54, 1.807) is 10.7 Å². The smallest absolute Gasteiger partial charge is 0.269 e. The van der Waals surface area contributed by atoms with Crippen LogP contribution in [0.2, 0.25) is 0 Å². The lowest BCUT2D eigenvalue weighted by molar-refractivity contribution is 0.0905. The van der Waals surface area contributed by atoms with Crippen LogP contribution in [0.4, 0.5) is 0 Å². The third-order valence-electron chi connectivity index (χ3n) is 3.25. The molecule has 0 aliphatic rings. The van der Waals surface area contributed by atoms with Crippen LogP contribution in [0.3, 0.4) is 0 Å². The van der Waals surface area contributed by atoms with Crippen LogP contribution in [0.25, 0.3) is 0 Å². The molecule has 1 atom stereocenters. The van der Waals surface area contributed by atoms with Gasteiger partial charge in [-0.15, -0.1) is 0 Å². The third kappa shape index (κ3) is 4.16. The number of aliphatic hydroxyl groups is 1. The first-order valence-corrected chi connectivity index (χ1v) is 7.14. The van der Waals surface area contributed by atoms with Gasteiger partial charge in [0.1, 0.15) is 5.69 Å². The maximum absolute atomic E-state index is 12.1. The Hall–Kier alpha value is -2.14. The summed E-state index contributed by atoms with van der Waals surface area (Å²) in [4.78, 5) is 12.1. The van der Waals surface area contributed by atoms with Gasteiger partial charge in [0.15, 0.2) is 0 Å². The predicted octanol–water partition coefficient (Wildman–Crippen LogP) is 1.54. The molecule has 0 fully saturated rings. The third-order valence-corrected chi connectivity index (χ3v) is 3.25. The van der Waals surface area contributed by atoms with Crippen LogP contribution in [0.1, 0.15) is 28.7 Å². The molecule has 0 saturated heterocycles. The first kappa shape index (κ1) is 15.3. The number of carbonyl (C=O) groups is 1. The van der Waals surface area contributed by atoms with Crippen LogP contribution in [0.15, 0.2) is 36.4 Å². The van der Waals surface area contributed by atoms with Gasteiger partial charge in [-0.1, -0.05) is 30.3 Å². The van der Waals surface area contributed by atoms with Crippen LogP contribution < -0.4 is 5.32 Å². The average Bonchev–Trinajstić information content (AvgIpc) is 2.87. The minimum Gasteiger partial charge on any atom is -0.391 e. The fourth-order valence-electron chi connectivity index (χ4n) is 2.23. The Morgan fingerprint density at radius 2 is 2.10 bits per heavy atom. The van der Waals surface area contributed by atoms with Gasteiger partial charge in [-0.05, 0) is 25.5 Å². The van der Waals surface area contributed by atoms with Crippen LogP contribution in [-0.2, 0) is 13.0 Å². The molecule has 2 rings (SSSR count). The summed E-state index contributed by atoms with van der Waals surface area (Å²) in [6.45, 7) is 4.66. The number of aryl methyl sites for hydroxylation is 2. The number of amides is 1. The summed E-state index contributed by atoms with van der Waals surface area (Å²) in [5.41, 5.74) is 2.39. The Bertz CT molecular complexity index is 593. The fraction of sp³-hybridized carbons (Fsp3) is 0.375. The van der Waals surface area contributed by atoms with Crippen molar-refractivity contribution in [3.05, 3.63) is 53.3 Å². The largest absolute Gasteiger partial charge is 0.391 e. The van der Waals surface area contributed by atoms with E-state index in [1.165, 1.54) is 0 Å². The minimum absolute atomic E-state index is 0.204. The van der Waals surface area contributed by atoms with Gasteiger partial charge in [-0.3, -0.25) is 9.48 Å². The van der Waals surface area contributed by atoms with Crippen molar-refractivity contribution in [2.75, 3.05) is 6.54 Å². The predicted molar refractivity (Wildman–Crippen MR) is 81.1 cm³/mol. The average molecular weight is 287 g/mol. The molecule has 1 aromatic carbocycles. The van der Waals surface area contributed by atoms with E-state index in [0.717, 1.165) is 11.3 Å². The molecule has 0 aliphatic heterocycles. The first-order valence-electron chi connectivity index (χ1n) is 7.14. The number of carbonyl (C=O) groups excluding carboxylic acids is 1. The van der Waals surface area contributed by atoms with Crippen LogP contribution >= 0.6 is 0 Å². The molecule has 1 unspecified atom stereocenters. The Morgan fingerprint density at radius 3 is 2.76 bits per heavy atom. The zero-order valence-corrected chi connectivity index (χ0v) is 12.4. The van der Waals surface area contributed by atoms with E-state index in [4.69, 9.17) is 0 Å². The van der Waals surface area contributed by atoms with E-state index < -0.39 is 6.10 Å². The maximum atomic E-state index is 12.1. The summed E-state index contributed by atoms with van der Waals surface area (Å²) >= 11 is 0. The molecule has 0 aliphatic carbocycles. The SMILES string of the molecule is CCn1nc(C)cc1C(=O)NCC(O)Cc1ccccc1. The molecule has 1 aromatic heterocycles. The van der Waals surface area contributed by atoms with Gasteiger partial charge in [0.2, 0.25) is 0 Å². The highest BCUT2D eigenvalue weighted by molar-refractivity contribution is 5.92. The zero-order chi connectivity index (χ0) is 15.2. The molecule has 5 nitrogen and oxygen atoms in total. The monoisotopic (exact) mass is 287 g/mol. The molecule has 0 radical (unpaired) electrons. The number of hydrogen-bond donors (Lipinski definition) is 2. The lowest BCUT2D eigenvalue weighted by atomic mass is 10.1.